The molecule has 2 aromatic carbocycles. The van der Waals surface area contributed by atoms with Gasteiger partial charge in [0.2, 0.25) is 0 Å². The Labute approximate surface area is 182 Å². The van der Waals surface area contributed by atoms with E-state index in [4.69, 9.17) is 4.74 Å². The summed E-state index contributed by atoms with van der Waals surface area (Å²) in [5.74, 6) is -0.446. The number of ether oxygens (including phenoxy) is 1. The average Bonchev–Trinajstić information content (AvgIpc) is 2.73. The molecule has 0 radical (unpaired) electrons. The summed E-state index contributed by atoms with van der Waals surface area (Å²) in [5, 5.41) is -0.661. The Morgan fingerprint density at radius 1 is 0.969 bits per heavy atom. The monoisotopic (exact) mass is 452 g/mol. The van der Waals surface area contributed by atoms with Gasteiger partial charge in [0.25, 0.3) is 0 Å². The Morgan fingerprint density at radius 3 is 2.38 bits per heavy atom. The zero-order chi connectivity index (χ0) is 23.0. The summed E-state index contributed by atoms with van der Waals surface area (Å²) in [6.07, 6.45) is 1.78. The molecule has 0 spiro atoms. The van der Waals surface area contributed by atoms with Gasteiger partial charge in [-0.05, 0) is 80.0 Å². The minimum Gasteiger partial charge on any atom is -0.373 e. The lowest BCUT2D eigenvalue weighted by atomic mass is 9.77. The molecule has 7 heteroatoms. The molecule has 32 heavy (non-hydrogen) atoms. The van der Waals surface area contributed by atoms with Crippen LogP contribution in [0.4, 0.5) is 26.3 Å². The van der Waals surface area contributed by atoms with Crippen LogP contribution in [-0.4, -0.2) is 12.8 Å². The molecule has 0 bridgehead atoms. The highest BCUT2D eigenvalue weighted by Crippen LogP contribution is 2.40. The van der Waals surface area contributed by atoms with Crippen LogP contribution >= 0.6 is 0 Å². The standard InChI is InChI=1S/C25H22F6O/c1-14-2-4-15(5-3-14)16-6-7-22(32-13-16)17-10-18-12-20(26)19(8-9-25(29,30)31)24(28)23(18)21(27)11-17/h2,10-12,15-16,22H,3-7,13H2,1H3. The van der Waals surface area contributed by atoms with Crippen molar-refractivity contribution in [2.75, 3.05) is 6.61 Å². The lowest BCUT2D eigenvalue weighted by molar-refractivity contribution is -0.0696. The molecule has 1 saturated heterocycles. The average molecular weight is 452 g/mol. The van der Waals surface area contributed by atoms with Crippen LogP contribution < -0.4 is 0 Å². The summed E-state index contributed by atoms with van der Waals surface area (Å²) >= 11 is 0. The molecule has 1 fully saturated rings. The lowest BCUT2D eigenvalue weighted by Crippen LogP contribution is -2.28. The number of hydrogen-bond donors (Lipinski definition) is 0. The molecule has 0 amide bonds. The SMILES string of the molecule is CC1=CCC(C2CCC(c3cc(F)c4c(F)c(C#CC(F)(F)F)c(F)cc4c3)OC2)CC1. The van der Waals surface area contributed by atoms with Crippen LogP contribution in [0.15, 0.2) is 29.8 Å². The first-order chi connectivity index (χ1) is 15.1. The van der Waals surface area contributed by atoms with Gasteiger partial charge < -0.3 is 4.74 Å². The van der Waals surface area contributed by atoms with Crippen molar-refractivity contribution in [1.82, 2.24) is 0 Å². The number of hydrogen-bond acceptors (Lipinski definition) is 1. The third kappa shape index (κ3) is 4.80. The van der Waals surface area contributed by atoms with Gasteiger partial charge in [0.1, 0.15) is 11.6 Å². The van der Waals surface area contributed by atoms with Crippen LogP contribution in [0.5, 0.6) is 0 Å². The molecular formula is C25H22F6O. The Bertz CT molecular complexity index is 1110. The van der Waals surface area contributed by atoms with E-state index in [0.717, 1.165) is 43.7 Å². The van der Waals surface area contributed by atoms with Crippen molar-refractivity contribution in [2.24, 2.45) is 11.8 Å². The van der Waals surface area contributed by atoms with Crippen LogP contribution in [0.2, 0.25) is 0 Å². The van der Waals surface area contributed by atoms with E-state index < -0.39 is 40.7 Å². The van der Waals surface area contributed by atoms with Crippen molar-refractivity contribution < 1.29 is 31.1 Å². The molecule has 3 unspecified atom stereocenters. The van der Waals surface area contributed by atoms with Crippen molar-refractivity contribution in [1.29, 1.82) is 0 Å². The van der Waals surface area contributed by atoms with Crippen LogP contribution in [0.25, 0.3) is 10.8 Å². The number of alkyl halides is 3. The summed E-state index contributed by atoms with van der Waals surface area (Å²) in [5.41, 5.74) is 0.769. The maximum Gasteiger partial charge on any atom is 0.458 e. The molecule has 170 valence electrons. The number of halogens is 6. The van der Waals surface area contributed by atoms with Crippen LogP contribution in [0.3, 0.4) is 0 Å². The molecule has 1 heterocycles. The Morgan fingerprint density at radius 2 is 1.75 bits per heavy atom. The molecule has 0 aromatic heterocycles. The maximum atomic E-state index is 14.8. The zero-order valence-corrected chi connectivity index (χ0v) is 17.5. The van der Waals surface area contributed by atoms with Crippen LogP contribution in [0, 0.1) is 41.1 Å². The summed E-state index contributed by atoms with van der Waals surface area (Å²) in [7, 11) is 0. The third-order valence-electron chi connectivity index (χ3n) is 6.46. The molecule has 1 aliphatic carbocycles. The Kier molecular flexibility index (Phi) is 6.26. The molecule has 0 saturated carbocycles. The maximum absolute atomic E-state index is 14.8. The molecule has 0 N–H and O–H groups in total. The van der Waals surface area contributed by atoms with E-state index in [1.807, 2.05) is 0 Å². The highest BCUT2D eigenvalue weighted by molar-refractivity contribution is 5.86. The molecule has 4 rings (SSSR count). The second kappa shape index (κ2) is 8.82. The van der Waals surface area contributed by atoms with Gasteiger partial charge in [0.15, 0.2) is 5.82 Å². The van der Waals surface area contributed by atoms with Crippen molar-refractivity contribution >= 4 is 10.8 Å². The van der Waals surface area contributed by atoms with Gasteiger partial charge in [-0.1, -0.05) is 17.6 Å². The van der Waals surface area contributed by atoms with Gasteiger partial charge in [0, 0.05) is 5.92 Å². The van der Waals surface area contributed by atoms with E-state index in [9.17, 15) is 26.3 Å². The van der Waals surface area contributed by atoms with Gasteiger partial charge >= 0.3 is 6.18 Å². The number of rotatable bonds is 2. The van der Waals surface area contributed by atoms with Gasteiger partial charge in [-0.3, -0.25) is 0 Å². The van der Waals surface area contributed by atoms with E-state index in [0.29, 0.717) is 30.4 Å². The normalized spacial score (nSPS) is 24.1. The van der Waals surface area contributed by atoms with Gasteiger partial charge in [0.05, 0.1) is 23.7 Å². The fraction of sp³-hybridized carbons (Fsp3) is 0.440. The number of fused-ring (bicyclic) bond motifs is 1. The highest BCUT2D eigenvalue weighted by Gasteiger charge is 2.30. The summed E-state index contributed by atoms with van der Waals surface area (Å²) in [6.45, 7) is 2.67. The van der Waals surface area contributed by atoms with E-state index in [-0.39, 0.29) is 5.39 Å². The minimum absolute atomic E-state index is 0.0776. The van der Waals surface area contributed by atoms with Crippen molar-refractivity contribution in [3.63, 3.8) is 0 Å². The van der Waals surface area contributed by atoms with Crippen LogP contribution in [-0.2, 0) is 4.74 Å². The topological polar surface area (TPSA) is 9.23 Å². The first-order valence-corrected chi connectivity index (χ1v) is 10.6. The molecule has 2 aromatic rings. The van der Waals surface area contributed by atoms with Crippen molar-refractivity contribution in [2.45, 2.75) is 51.3 Å². The van der Waals surface area contributed by atoms with E-state index >= 15 is 0 Å². The van der Waals surface area contributed by atoms with Crippen molar-refractivity contribution in [3.05, 3.63) is 58.4 Å². The smallest absolute Gasteiger partial charge is 0.373 e. The largest absolute Gasteiger partial charge is 0.458 e. The van der Waals surface area contributed by atoms with E-state index in [1.54, 1.807) is 0 Å². The number of allylic oxidation sites excluding steroid dienone is 2. The van der Waals surface area contributed by atoms with Gasteiger partial charge in [-0.15, -0.1) is 0 Å². The van der Waals surface area contributed by atoms with Crippen LogP contribution in [0.1, 0.15) is 56.3 Å². The zero-order valence-electron chi connectivity index (χ0n) is 17.5. The lowest BCUT2D eigenvalue weighted by Gasteiger charge is -2.35. The fourth-order valence-corrected chi connectivity index (χ4v) is 4.69. The third-order valence-corrected chi connectivity index (χ3v) is 6.46. The Hall–Kier alpha value is -2.46. The molecule has 1 aliphatic heterocycles. The summed E-state index contributed by atoms with van der Waals surface area (Å²) < 4.78 is 86.6. The fourth-order valence-electron chi connectivity index (χ4n) is 4.69. The quantitative estimate of drug-likeness (QED) is 0.262. The minimum atomic E-state index is -4.92. The molecule has 3 atom stereocenters. The second-order valence-electron chi connectivity index (χ2n) is 8.64. The van der Waals surface area contributed by atoms with Gasteiger partial charge in [-0.2, -0.15) is 13.2 Å². The number of benzene rings is 2. The highest BCUT2D eigenvalue weighted by atomic mass is 19.4. The predicted molar refractivity (Wildman–Crippen MR) is 109 cm³/mol. The first-order valence-electron chi connectivity index (χ1n) is 10.6. The first kappa shape index (κ1) is 22.7. The molecule has 1 nitrogen and oxygen atoms in total. The van der Waals surface area contributed by atoms with Gasteiger partial charge in [-0.25, -0.2) is 13.2 Å². The second-order valence-corrected chi connectivity index (χ2v) is 8.64. The summed E-state index contributed by atoms with van der Waals surface area (Å²) in [6, 6.07) is 3.36. The van der Waals surface area contributed by atoms with Crippen molar-refractivity contribution in [3.8, 4) is 11.8 Å². The predicted octanol–water partition coefficient (Wildman–Crippen LogP) is 7.39. The summed E-state index contributed by atoms with van der Waals surface area (Å²) in [4.78, 5) is 0. The van der Waals surface area contributed by atoms with E-state index in [1.165, 1.54) is 17.6 Å². The molecular weight excluding hydrogens is 430 g/mol. The van der Waals surface area contributed by atoms with E-state index in [2.05, 4.69) is 13.0 Å². The molecule has 2 aliphatic rings. The Balaban J connectivity index is 1.57.